The summed E-state index contributed by atoms with van der Waals surface area (Å²) in [5.41, 5.74) is 6.52. The maximum atomic E-state index is 12.2. The summed E-state index contributed by atoms with van der Waals surface area (Å²) in [5, 5.41) is 2.55. The SMILES string of the molecule is COCCCNC(=O)CS(=O)(=O)c1cc(N)ccc1C. The number of hydrogen-bond acceptors (Lipinski definition) is 5. The zero-order valence-electron chi connectivity index (χ0n) is 11.7. The number of carbonyl (C=O) groups excluding carboxylic acids is 1. The first-order chi connectivity index (χ1) is 9.36. The van der Waals surface area contributed by atoms with Crippen LogP contribution in [0.15, 0.2) is 23.1 Å². The van der Waals surface area contributed by atoms with Crippen LogP contribution in [0.3, 0.4) is 0 Å². The molecule has 112 valence electrons. The van der Waals surface area contributed by atoms with E-state index in [2.05, 4.69) is 5.32 Å². The largest absolute Gasteiger partial charge is 0.399 e. The summed E-state index contributed by atoms with van der Waals surface area (Å²) < 4.78 is 29.2. The lowest BCUT2D eigenvalue weighted by atomic mass is 10.2. The number of ether oxygens (including phenoxy) is 1. The Bertz CT molecular complexity index is 570. The van der Waals surface area contributed by atoms with Crippen molar-refractivity contribution < 1.29 is 17.9 Å². The number of carbonyl (C=O) groups is 1. The lowest BCUT2D eigenvalue weighted by Gasteiger charge is -2.09. The van der Waals surface area contributed by atoms with Crippen LogP contribution in [0, 0.1) is 6.92 Å². The zero-order valence-corrected chi connectivity index (χ0v) is 12.5. The molecule has 0 aliphatic carbocycles. The van der Waals surface area contributed by atoms with Crippen molar-refractivity contribution in [2.24, 2.45) is 0 Å². The smallest absolute Gasteiger partial charge is 0.235 e. The highest BCUT2D eigenvalue weighted by Crippen LogP contribution is 2.19. The minimum atomic E-state index is -3.68. The van der Waals surface area contributed by atoms with Crippen LogP contribution < -0.4 is 11.1 Å². The van der Waals surface area contributed by atoms with E-state index in [1.54, 1.807) is 26.2 Å². The van der Waals surface area contributed by atoms with Crippen LogP contribution in [0.25, 0.3) is 0 Å². The summed E-state index contributed by atoms with van der Waals surface area (Å²) in [5.74, 6) is -1.10. The highest BCUT2D eigenvalue weighted by atomic mass is 32.2. The topological polar surface area (TPSA) is 98.5 Å². The van der Waals surface area contributed by atoms with Gasteiger partial charge in [0.2, 0.25) is 5.91 Å². The Morgan fingerprint density at radius 3 is 2.75 bits per heavy atom. The average molecular weight is 300 g/mol. The number of amides is 1. The third-order valence-electron chi connectivity index (χ3n) is 2.72. The predicted molar refractivity (Wildman–Crippen MR) is 77.1 cm³/mol. The molecule has 0 aliphatic rings. The fourth-order valence-electron chi connectivity index (χ4n) is 1.70. The van der Waals surface area contributed by atoms with Crippen molar-refractivity contribution in [3.63, 3.8) is 0 Å². The Balaban J connectivity index is 2.70. The number of sulfone groups is 1. The highest BCUT2D eigenvalue weighted by molar-refractivity contribution is 7.92. The number of hydrogen-bond donors (Lipinski definition) is 2. The van der Waals surface area contributed by atoms with Crippen LogP contribution in [-0.4, -0.2) is 40.3 Å². The standard InChI is InChI=1S/C13H20N2O4S/c1-10-4-5-11(14)8-12(10)20(17,18)9-13(16)15-6-3-7-19-2/h4-5,8H,3,6-7,9,14H2,1-2H3,(H,15,16). The molecule has 0 radical (unpaired) electrons. The molecule has 0 heterocycles. The van der Waals surface area contributed by atoms with Gasteiger partial charge in [-0.3, -0.25) is 4.79 Å². The number of aryl methyl sites for hydroxylation is 1. The van der Waals surface area contributed by atoms with Crippen LogP contribution in [0.5, 0.6) is 0 Å². The van der Waals surface area contributed by atoms with Crippen LogP contribution in [0.1, 0.15) is 12.0 Å². The van der Waals surface area contributed by atoms with Gasteiger partial charge >= 0.3 is 0 Å². The molecule has 3 N–H and O–H groups in total. The summed E-state index contributed by atoms with van der Waals surface area (Å²) in [4.78, 5) is 11.7. The van der Waals surface area contributed by atoms with E-state index in [0.29, 0.717) is 30.8 Å². The van der Waals surface area contributed by atoms with Crippen LogP contribution in [-0.2, 0) is 19.4 Å². The molecule has 1 rings (SSSR count). The second-order valence-electron chi connectivity index (χ2n) is 4.48. The van der Waals surface area contributed by atoms with Gasteiger partial charge in [-0.2, -0.15) is 0 Å². The first-order valence-electron chi connectivity index (χ1n) is 6.21. The Morgan fingerprint density at radius 2 is 2.10 bits per heavy atom. The first kappa shape index (κ1) is 16.5. The number of benzene rings is 1. The fraction of sp³-hybridized carbons (Fsp3) is 0.462. The summed E-state index contributed by atoms with van der Waals surface area (Å²) >= 11 is 0. The van der Waals surface area contributed by atoms with Crippen molar-refractivity contribution in [1.82, 2.24) is 5.32 Å². The van der Waals surface area contributed by atoms with E-state index in [4.69, 9.17) is 10.5 Å². The number of rotatable bonds is 7. The Labute approximate surface area is 119 Å². The Kier molecular flexibility index (Phi) is 5.97. The number of nitrogens with two attached hydrogens (primary N) is 1. The summed E-state index contributed by atoms with van der Waals surface area (Å²) in [7, 11) is -2.11. The molecule has 0 bridgehead atoms. The predicted octanol–water partition coefficient (Wildman–Crippen LogP) is 0.504. The maximum absolute atomic E-state index is 12.2. The van der Waals surface area contributed by atoms with Crippen molar-refractivity contribution >= 4 is 21.4 Å². The quantitative estimate of drug-likeness (QED) is 0.564. The molecular formula is C13H20N2O4S. The molecular weight excluding hydrogens is 280 g/mol. The van der Waals surface area contributed by atoms with Gasteiger partial charge < -0.3 is 15.8 Å². The molecule has 6 nitrogen and oxygen atoms in total. The van der Waals surface area contributed by atoms with Gasteiger partial charge in [0.1, 0.15) is 5.75 Å². The first-order valence-corrected chi connectivity index (χ1v) is 7.86. The second-order valence-corrected chi connectivity index (χ2v) is 6.44. The molecule has 0 fully saturated rings. The van der Waals surface area contributed by atoms with Crippen LogP contribution in [0.4, 0.5) is 5.69 Å². The normalized spacial score (nSPS) is 11.3. The molecule has 0 saturated heterocycles. The van der Waals surface area contributed by atoms with E-state index >= 15 is 0 Å². The maximum Gasteiger partial charge on any atom is 0.235 e. The molecule has 0 aliphatic heterocycles. The molecule has 1 aromatic rings. The van der Waals surface area contributed by atoms with Crippen LogP contribution >= 0.6 is 0 Å². The summed E-state index contributed by atoms with van der Waals surface area (Å²) in [6, 6.07) is 4.63. The monoisotopic (exact) mass is 300 g/mol. The summed E-state index contributed by atoms with van der Waals surface area (Å²) in [6.45, 7) is 2.57. The van der Waals surface area contributed by atoms with Gasteiger partial charge in [-0.15, -0.1) is 0 Å². The van der Waals surface area contributed by atoms with Crippen molar-refractivity contribution in [2.45, 2.75) is 18.2 Å². The van der Waals surface area contributed by atoms with E-state index < -0.39 is 21.5 Å². The van der Waals surface area contributed by atoms with Crippen molar-refractivity contribution in [3.05, 3.63) is 23.8 Å². The van der Waals surface area contributed by atoms with Crippen molar-refractivity contribution in [2.75, 3.05) is 31.7 Å². The van der Waals surface area contributed by atoms with Gasteiger partial charge in [-0.05, 0) is 31.0 Å². The number of anilines is 1. The highest BCUT2D eigenvalue weighted by Gasteiger charge is 2.21. The van der Waals surface area contributed by atoms with E-state index in [1.807, 2.05) is 0 Å². The van der Waals surface area contributed by atoms with E-state index in [0.717, 1.165) is 0 Å². The Hall–Kier alpha value is -1.60. The molecule has 0 unspecified atom stereocenters. The van der Waals surface area contributed by atoms with Crippen molar-refractivity contribution in [3.8, 4) is 0 Å². The van der Waals surface area contributed by atoms with Gasteiger partial charge in [-0.1, -0.05) is 6.07 Å². The number of methoxy groups -OCH3 is 1. The van der Waals surface area contributed by atoms with Gasteiger partial charge in [0, 0.05) is 25.9 Å². The van der Waals surface area contributed by atoms with Crippen molar-refractivity contribution in [1.29, 1.82) is 0 Å². The van der Waals surface area contributed by atoms with E-state index in [-0.39, 0.29) is 4.90 Å². The molecule has 1 amide bonds. The summed E-state index contributed by atoms with van der Waals surface area (Å²) in [6.07, 6.45) is 0.638. The fourth-order valence-corrected chi connectivity index (χ4v) is 3.17. The molecule has 20 heavy (non-hydrogen) atoms. The molecule has 0 atom stereocenters. The lowest BCUT2D eigenvalue weighted by Crippen LogP contribution is -2.31. The second kappa shape index (κ2) is 7.25. The molecule has 0 spiro atoms. The minimum Gasteiger partial charge on any atom is -0.399 e. The third kappa shape index (κ3) is 4.82. The van der Waals surface area contributed by atoms with E-state index in [9.17, 15) is 13.2 Å². The van der Waals surface area contributed by atoms with Gasteiger partial charge in [-0.25, -0.2) is 8.42 Å². The Morgan fingerprint density at radius 1 is 1.40 bits per heavy atom. The average Bonchev–Trinajstić information content (AvgIpc) is 2.37. The number of nitrogen functional groups attached to an aromatic ring is 1. The van der Waals surface area contributed by atoms with Crippen LogP contribution in [0.2, 0.25) is 0 Å². The van der Waals surface area contributed by atoms with E-state index in [1.165, 1.54) is 6.07 Å². The van der Waals surface area contributed by atoms with Gasteiger partial charge in [0.25, 0.3) is 0 Å². The van der Waals surface area contributed by atoms with Gasteiger partial charge in [0.05, 0.1) is 4.90 Å². The molecule has 0 aromatic heterocycles. The molecule has 1 aromatic carbocycles. The zero-order chi connectivity index (χ0) is 15.2. The molecule has 7 heteroatoms. The minimum absolute atomic E-state index is 0.101. The molecule has 0 saturated carbocycles. The third-order valence-corrected chi connectivity index (χ3v) is 4.47. The number of nitrogens with one attached hydrogen (secondary N) is 1. The lowest BCUT2D eigenvalue weighted by molar-refractivity contribution is -0.118. The van der Waals surface area contributed by atoms with Gasteiger partial charge in [0.15, 0.2) is 9.84 Å².